The van der Waals surface area contributed by atoms with Gasteiger partial charge < -0.3 is 4.57 Å². The van der Waals surface area contributed by atoms with Crippen LogP contribution in [0.25, 0.3) is 99.5 Å². The van der Waals surface area contributed by atoms with E-state index in [0.717, 1.165) is 77.9 Å². The molecule has 0 amide bonds. The van der Waals surface area contributed by atoms with Crippen molar-refractivity contribution in [1.82, 2.24) is 23.9 Å². The fourth-order valence-electron chi connectivity index (χ4n) is 8.05. The first kappa shape index (κ1) is 28.7. The first-order valence-corrected chi connectivity index (χ1v) is 17.5. The molecular formula is C47H29N5. The van der Waals surface area contributed by atoms with Crippen LogP contribution in [-0.2, 0) is 0 Å². The molecule has 52 heavy (non-hydrogen) atoms. The Bertz CT molecular complexity index is 3180. The molecular weight excluding hydrogens is 635 g/mol. The van der Waals surface area contributed by atoms with E-state index in [1.165, 1.54) is 21.5 Å². The number of imidazole rings is 1. The Morgan fingerprint density at radius 2 is 1.08 bits per heavy atom. The number of benzene rings is 6. The second-order valence-electron chi connectivity index (χ2n) is 13.3. The monoisotopic (exact) mass is 663 g/mol. The molecule has 0 unspecified atom stereocenters. The molecule has 5 nitrogen and oxygen atoms in total. The predicted octanol–water partition coefficient (Wildman–Crippen LogP) is 11.7. The Hall–Kier alpha value is -7.11. The summed E-state index contributed by atoms with van der Waals surface area (Å²) in [5.41, 5.74) is 13.5. The molecule has 5 heterocycles. The van der Waals surface area contributed by atoms with E-state index in [1.54, 1.807) is 6.20 Å². The maximum atomic E-state index is 5.53. The van der Waals surface area contributed by atoms with Crippen molar-refractivity contribution in [1.29, 1.82) is 0 Å². The summed E-state index contributed by atoms with van der Waals surface area (Å²) in [6.07, 6.45) is 3.65. The van der Waals surface area contributed by atoms with Crippen molar-refractivity contribution in [3.05, 3.63) is 176 Å². The molecule has 0 saturated heterocycles. The Kier molecular flexibility index (Phi) is 6.18. The number of rotatable bonds is 4. The summed E-state index contributed by atoms with van der Waals surface area (Å²) in [7, 11) is 0. The zero-order valence-electron chi connectivity index (χ0n) is 28.0. The van der Waals surface area contributed by atoms with E-state index in [0.29, 0.717) is 0 Å². The van der Waals surface area contributed by atoms with Crippen molar-refractivity contribution < 1.29 is 0 Å². The molecule has 0 aliphatic carbocycles. The average Bonchev–Trinajstić information content (AvgIpc) is 3.79. The maximum Gasteiger partial charge on any atom is 0.146 e. The van der Waals surface area contributed by atoms with Gasteiger partial charge in [-0.3, -0.25) is 9.38 Å². The SMILES string of the molecule is c1ccc(-c2cc(-c3cccc(-c4cccnc4)n3)cc(-n3c4ccccc4c4ccc5c(nc6c7ccccc7c7ccccc7n56)c43)c2)cc1. The van der Waals surface area contributed by atoms with Crippen LogP contribution in [0, 0.1) is 0 Å². The van der Waals surface area contributed by atoms with Crippen LogP contribution >= 0.6 is 0 Å². The van der Waals surface area contributed by atoms with Crippen LogP contribution in [0.1, 0.15) is 0 Å². The topological polar surface area (TPSA) is 48.0 Å². The maximum absolute atomic E-state index is 5.53. The lowest BCUT2D eigenvalue weighted by atomic mass is 9.99. The summed E-state index contributed by atoms with van der Waals surface area (Å²) in [5, 5.41) is 5.92. The van der Waals surface area contributed by atoms with Gasteiger partial charge in [-0.1, -0.05) is 97.1 Å². The zero-order chi connectivity index (χ0) is 34.2. The highest BCUT2D eigenvalue weighted by molar-refractivity contribution is 6.20. The molecule has 11 rings (SSSR count). The van der Waals surface area contributed by atoms with Crippen molar-refractivity contribution in [3.8, 4) is 39.3 Å². The van der Waals surface area contributed by atoms with Gasteiger partial charge >= 0.3 is 0 Å². The molecule has 0 fully saturated rings. The smallest absolute Gasteiger partial charge is 0.146 e. The van der Waals surface area contributed by atoms with Crippen LogP contribution in [0.15, 0.2) is 176 Å². The number of nitrogens with zero attached hydrogens (tertiary/aromatic N) is 5. The van der Waals surface area contributed by atoms with Crippen molar-refractivity contribution in [2.24, 2.45) is 0 Å². The Labute approximate surface area is 298 Å². The number of pyridine rings is 3. The van der Waals surface area contributed by atoms with Crippen molar-refractivity contribution in [2.75, 3.05) is 0 Å². The summed E-state index contributed by atoms with van der Waals surface area (Å²) < 4.78 is 4.75. The van der Waals surface area contributed by atoms with Gasteiger partial charge in [0.2, 0.25) is 0 Å². The van der Waals surface area contributed by atoms with Gasteiger partial charge in [-0.2, -0.15) is 0 Å². The molecule has 0 radical (unpaired) electrons. The van der Waals surface area contributed by atoms with Gasteiger partial charge in [0.15, 0.2) is 0 Å². The van der Waals surface area contributed by atoms with E-state index in [2.05, 4.69) is 166 Å². The van der Waals surface area contributed by atoms with E-state index in [9.17, 15) is 0 Å². The number of aromatic nitrogens is 5. The normalized spacial score (nSPS) is 11.8. The van der Waals surface area contributed by atoms with Crippen molar-refractivity contribution in [3.63, 3.8) is 0 Å². The predicted molar refractivity (Wildman–Crippen MR) is 214 cm³/mol. The van der Waals surface area contributed by atoms with Gasteiger partial charge in [0.1, 0.15) is 11.2 Å². The van der Waals surface area contributed by atoms with E-state index >= 15 is 0 Å². The van der Waals surface area contributed by atoms with Gasteiger partial charge in [0.05, 0.1) is 33.5 Å². The van der Waals surface area contributed by atoms with Gasteiger partial charge in [-0.05, 0) is 83.2 Å². The van der Waals surface area contributed by atoms with E-state index < -0.39 is 0 Å². The van der Waals surface area contributed by atoms with Gasteiger partial charge in [-0.15, -0.1) is 0 Å². The summed E-state index contributed by atoms with van der Waals surface area (Å²) in [5.74, 6) is 0. The van der Waals surface area contributed by atoms with Crippen LogP contribution in [0.2, 0.25) is 0 Å². The van der Waals surface area contributed by atoms with Crippen LogP contribution in [-0.4, -0.2) is 23.9 Å². The largest absolute Gasteiger partial charge is 0.307 e. The van der Waals surface area contributed by atoms with Crippen LogP contribution in [0.3, 0.4) is 0 Å². The molecule has 5 aromatic heterocycles. The first-order valence-electron chi connectivity index (χ1n) is 17.5. The highest BCUT2D eigenvalue weighted by Crippen LogP contribution is 2.41. The lowest BCUT2D eigenvalue weighted by molar-refractivity contribution is 1.18. The average molecular weight is 664 g/mol. The molecule has 0 atom stereocenters. The van der Waals surface area contributed by atoms with Crippen LogP contribution in [0.5, 0.6) is 0 Å². The summed E-state index contributed by atoms with van der Waals surface area (Å²) in [4.78, 5) is 15.0. The number of fused-ring (bicyclic) bond motifs is 12. The van der Waals surface area contributed by atoms with Crippen LogP contribution < -0.4 is 0 Å². The lowest BCUT2D eigenvalue weighted by Gasteiger charge is -2.14. The van der Waals surface area contributed by atoms with Crippen LogP contribution in [0.4, 0.5) is 0 Å². The molecule has 0 bridgehead atoms. The molecule has 0 saturated carbocycles. The first-order chi connectivity index (χ1) is 25.8. The van der Waals surface area contributed by atoms with Gasteiger partial charge in [-0.25, -0.2) is 9.97 Å². The standard InChI is InChI=1S/C47H29N5/c1-2-12-30(13-3-1)32-26-33(41-20-10-19-40(49-41)31-14-11-25-48-29-31)28-34(27-32)51-42-21-8-7-17-37(42)38-23-24-44-45(46(38)51)50-47-39-18-5-4-15-35(39)36-16-6-9-22-43(36)52(44)47/h1-29H. The minimum Gasteiger partial charge on any atom is -0.307 e. The zero-order valence-corrected chi connectivity index (χ0v) is 28.0. The van der Waals surface area contributed by atoms with Gasteiger partial charge in [0, 0.05) is 50.8 Å². The molecule has 0 aliphatic rings. The molecule has 0 N–H and O–H groups in total. The molecule has 11 aromatic rings. The summed E-state index contributed by atoms with van der Waals surface area (Å²) in [6.45, 7) is 0. The van der Waals surface area contributed by atoms with E-state index in [1.807, 2.05) is 18.3 Å². The van der Waals surface area contributed by atoms with Crippen molar-refractivity contribution >= 4 is 60.2 Å². The molecule has 5 heteroatoms. The number of hydrogen-bond acceptors (Lipinski definition) is 3. The number of para-hydroxylation sites is 2. The Morgan fingerprint density at radius 3 is 1.88 bits per heavy atom. The third-order valence-electron chi connectivity index (χ3n) is 10.3. The lowest BCUT2D eigenvalue weighted by Crippen LogP contribution is -1.97. The summed E-state index contributed by atoms with van der Waals surface area (Å²) in [6, 6.07) is 58.1. The minimum absolute atomic E-state index is 0.889. The highest BCUT2D eigenvalue weighted by Gasteiger charge is 2.21. The van der Waals surface area contributed by atoms with E-state index in [-0.39, 0.29) is 0 Å². The quantitative estimate of drug-likeness (QED) is 0.176. The van der Waals surface area contributed by atoms with Crippen molar-refractivity contribution in [2.45, 2.75) is 0 Å². The number of hydrogen-bond donors (Lipinski definition) is 0. The molecule has 242 valence electrons. The minimum atomic E-state index is 0.889. The fraction of sp³-hybridized carbons (Fsp3) is 0. The second kappa shape index (κ2) is 11.2. The van der Waals surface area contributed by atoms with Gasteiger partial charge in [0.25, 0.3) is 0 Å². The van der Waals surface area contributed by atoms with E-state index in [4.69, 9.17) is 9.97 Å². The highest BCUT2D eigenvalue weighted by atomic mass is 15.1. The molecule has 0 aliphatic heterocycles. The third-order valence-corrected chi connectivity index (χ3v) is 10.3. The Balaban J connectivity index is 1.26. The Morgan fingerprint density at radius 1 is 0.404 bits per heavy atom. The fourth-order valence-corrected chi connectivity index (χ4v) is 8.05. The molecule has 6 aromatic carbocycles. The third kappa shape index (κ3) is 4.26. The molecule has 0 spiro atoms. The second-order valence-corrected chi connectivity index (χ2v) is 13.3. The summed E-state index contributed by atoms with van der Waals surface area (Å²) >= 11 is 0.